The zero-order valence-corrected chi connectivity index (χ0v) is 16.8. The van der Waals surface area contributed by atoms with E-state index in [2.05, 4.69) is 43.1 Å². The van der Waals surface area contributed by atoms with Crippen molar-refractivity contribution in [3.8, 4) is 11.4 Å². The quantitative estimate of drug-likeness (QED) is 0.508. The predicted octanol–water partition coefficient (Wildman–Crippen LogP) is 4.32. The van der Waals surface area contributed by atoms with Crippen molar-refractivity contribution in [2.45, 2.75) is 26.2 Å². The molecule has 0 aliphatic rings. The van der Waals surface area contributed by atoms with Crippen molar-refractivity contribution in [3.63, 3.8) is 0 Å². The molecule has 2 heterocycles. The molecule has 0 fully saturated rings. The van der Waals surface area contributed by atoms with Gasteiger partial charge in [-0.2, -0.15) is 0 Å². The van der Waals surface area contributed by atoms with Gasteiger partial charge in [-0.1, -0.05) is 86.2 Å². The molecule has 4 rings (SSSR count). The summed E-state index contributed by atoms with van der Waals surface area (Å²) in [5.41, 5.74) is 2.85. The van der Waals surface area contributed by atoms with Gasteiger partial charge in [0.15, 0.2) is 5.82 Å². The average molecular weight is 396 g/mol. The van der Waals surface area contributed by atoms with E-state index in [9.17, 15) is 4.79 Å². The first-order valence-corrected chi connectivity index (χ1v) is 9.79. The third kappa shape index (κ3) is 3.29. The Morgan fingerprint density at radius 3 is 2.41 bits per heavy atom. The van der Waals surface area contributed by atoms with Gasteiger partial charge in [-0.3, -0.25) is 4.79 Å². The molecular formula is C21H18ClN3OS. The predicted molar refractivity (Wildman–Crippen MR) is 112 cm³/mol. The molecule has 0 atom stereocenters. The van der Waals surface area contributed by atoms with Gasteiger partial charge in [-0.15, -0.1) is 10.2 Å². The lowest BCUT2D eigenvalue weighted by Gasteiger charge is -2.18. The fraction of sp³-hybridized carbons (Fsp3) is 0.190. The maximum absolute atomic E-state index is 12.9. The zero-order valence-electron chi connectivity index (χ0n) is 15.2. The molecule has 0 aliphatic carbocycles. The zero-order chi connectivity index (χ0) is 19.2. The highest BCUT2D eigenvalue weighted by Gasteiger charge is 2.17. The lowest BCUT2D eigenvalue weighted by molar-refractivity contribution is 0.590. The number of hydrogen-bond acceptors (Lipinski definition) is 4. The molecule has 2 aromatic carbocycles. The van der Waals surface area contributed by atoms with Crippen LogP contribution in [0.5, 0.6) is 0 Å². The normalized spacial score (nSPS) is 12.8. The minimum Gasteiger partial charge on any atom is -0.267 e. The maximum atomic E-state index is 12.9. The van der Waals surface area contributed by atoms with Crippen molar-refractivity contribution in [2.24, 2.45) is 0 Å². The van der Waals surface area contributed by atoms with E-state index in [1.165, 1.54) is 16.9 Å². The molecule has 0 radical (unpaired) electrons. The highest BCUT2D eigenvalue weighted by molar-refractivity contribution is 7.15. The second kappa shape index (κ2) is 6.59. The number of rotatable bonds is 2. The molecule has 0 spiro atoms. The lowest BCUT2D eigenvalue weighted by atomic mass is 9.87. The van der Waals surface area contributed by atoms with Gasteiger partial charge in [-0.05, 0) is 28.7 Å². The molecule has 0 bridgehead atoms. The van der Waals surface area contributed by atoms with Gasteiger partial charge < -0.3 is 0 Å². The van der Waals surface area contributed by atoms with Gasteiger partial charge in [0.2, 0.25) is 4.96 Å². The Morgan fingerprint density at radius 2 is 1.74 bits per heavy atom. The first kappa shape index (κ1) is 17.9. The van der Waals surface area contributed by atoms with Crippen LogP contribution in [0.2, 0.25) is 5.02 Å². The molecule has 27 heavy (non-hydrogen) atoms. The van der Waals surface area contributed by atoms with E-state index in [1.54, 1.807) is 16.5 Å². The van der Waals surface area contributed by atoms with E-state index < -0.39 is 0 Å². The van der Waals surface area contributed by atoms with Crippen LogP contribution in [0.15, 0.2) is 53.3 Å². The van der Waals surface area contributed by atoms with Gasteiger partial charge in [0.05, 0.1) is 4.53 Å². The number of benzene rings is 2. The number of aromatic nitrogens is 3. The highest BCUT2D eigenvalue weighted by Crippen LogP contribution is 2.25. The van der Waals surface area contributed by atoms with E-state index in [-0.39, 0.29) is 11.0 Å². The van der Waals surface area contributed by atoms with Gasteiger partial charge in [-0.25, -0.2) is 4.40 Å². The van der Waals surface area contributed by atoms with Gasteiger partial charge in [0.1, 0.15) is 0 Å². The van der Waals surface area contributed by atoms with Crippen LogP contribution >= 0.6 is 22.9 Å². The van der Waals surface area contributed by atoms with Crippen molar-refractivity contribution in [2.75, 3.05) is 0 Å². The summed E-state index contributed by atoms with van der Waals surface area (Å²) in [6.07, 6.45) is 1.80. The Balaban J connectivity index is 1.84. The minimum absolute atomic E-state index is 0.0713. The van der Waals surface area contributed by atoms with E-state index in [0.29, 0.717) is 20.3 Å². The van der Waals surface area contributed by atoms with Gasteiger partial charge in [0, 0.05) is 10.6 Å². The first-order valence-electron chi connectivity index (χ1n) is 8.60. The molecule has 0 saturated carbocycles. The van der Waals surface area contributed by atoms with E-state index in [4.69, 9.17) is 11.6 Å². The SMILES string of the molecule is CC(C)(C)c1ccc(-c2nnc3s/c(=C\c4ccccc4Cl)c(=O)n23)cc1. The third-order valence-electron chi connectivity index (χ3n) is 4.45. The summed E-state index contributed by atoms with van der Waals surface area (Å²) in [5, 5.41) is 9.03. The van der Waals surface area contributed by atoms with E-state index in [1.807, 2.05) is 30.3 Å². The summed E-state index contributed by atoms with van der Waals surface area (Å²) in [7, 11) is 0. The molecule has 6 heteroatoms. The summed E-state index contributed by atoms with van der Waals surface area (Å²) >= 11 is 7.53. The fourth-order valence-corrected chi connectivity index (χ4v) is 4.00. The maximum Gasteiger partial charge on any atom is 0.276 e. The largest absolute Gasteiger partial charge is 0.276 e. The van der Waals surface area contributed by atoms with Crippen LogP contribution in [0.4, 0.5) is 0 Å². The number of hydrogen-bond donors (Lipinski definition) is 0. The van der Waals surface area contributed by atoms with Crippen LogP contribution in [0.1, 0.15) is 31.9 Å². The number of halogens is 1. The Morgan fingerprint density at radius 1 is 1.04 bits per heavy atom. The monoisotopic (exact) mass is 395 g/mol. The Labute approximate surface area is 165 Å². The topological polar surface area (TPSA) is 47.3 Å². The molecule has 2 aromatic heterocycles. The molecule has 0 unspecified atom stereocenters. The second-order valence-electron chi connectivity index (χ2n) is 7.41. The Kier molecular flexibility index (Phi) is 4.36. The molecule has 136 valence electrons. The third-order valence-corrected chi connectivity index (χ3v) is 5.75. The molecule has 0 N–H and O–H groups in total. The highest BCUT2D eigenvalue weighted by atomic mass is 35.5. The van der Waals surface area contributed by atoms with Crippen LogP contribution in [0.3, 0.4) is 0 Å². The van der Waals surface area contributed by atoms with Crippen LogP contribution in [-0.2, 0) is 5.41 Å². The van der Waals surface area contributed by atoms with Crippen molar-refractivity contribution in [1.82, 2.24) is 14.6 Å². The van der Waals surface area contributed by atoms with Crippen molar-refractivity contribution in [1.29, 1.82) is 0 Å². The van der Waals surface area contributed by atoms with E-state index >= 15 is 0 Å². The smallest absolute Gasteiger partial charge is 0.267 e. The minimum atomic E-state index is -0.130. The van der Waals surface area contributed by atoms with Crippen molar-refractivity contribution in [3.05, 3.63) is 79.6 Å². The van der Waals surface area contributed by atoms with Crippen LogP contribution in [-0.4, -0.2) is 14.6 Å². The summed E-state index contributed by atoms with van der Waals surface area (Å²) in [6, 6.07) is 15.6. The first-order chi connectivity index (χ1) is 12.8. The average Bonchev–Trinajstić information content (AvgIpc) is 3.17. The number of fused-ring (bicyclic) bond motifs is 1. The van der Waals surface area contributed by atoms with Gasteiger partial charge >= 0.3 is 0 Å². The van der Waals surface area contributed by atoms with Crippen LogP contribution in [0.25, 0.3) is 22.4 Å². The molecular weight excluding hydrogens is 378 g/mol. The van der Waals surface area contributed by atoms with Crippen LogP contribution in [0, 0.1) is 0 Å². The van der Waals surface area contributed by atoms with Gasteiger partial charge in [0.25, 0.3) is 5.56 Å². The summed E-state index contributed by atoms with van der Waals surface area (Å²) in [4.78, 5) is 13.5. The summed E-state index contributed by atoms with van der Waals surface area (Å²) < 4.78 is 2.15. The molecule has 0 saturated heterocycles. The molecule has 4 aromatic rings. The fourth-order valence-electron chi connectivity index (χ4n) is 2.90. The van der Waals surface area contributed by atoms with E-state index in [0.717, 1.165) is 11.1 Å². The number of thiazole rings is 1. The van der Waals surface area contributed by atoms with Crippen molar-refractivity contribution < 1.29 is 0 Å². The number of nitrogens with zero attached hydrogens (tertiary/aromatic N) is 3. The van der Waals surface area contributed by atoms with Crippen molar-refractivity contribution >= 4 is 34.0 Å². The lowest BCUT2D eigenvalue weighted by Crippen LogP contribution is -2.23. The molecule has 0 aliphatic heterocycles. The van der Waals surface area contributed by atoms with Crippen LogP contribution < -0.4 is 10.1 Å². The molecule has 4 nitrogen and oxygen atoms in total. The Bertz CT molecular complexity index is 1230. The second-order valence-corrected chi connectivity index (χ2v) is 8.82. The molecule has 0 amide bonds. The standard InChI is InChI=1S/C21H18ClN3OS/c1-21(2,3)15-10-8-13(9-11-15)18-23-24-20-25(18)19(26)17(27-20)12-14-6-4-5-7-16(14)22/h4-12H,1-3H3/b17-12-. The Hall–Kier alpha value is -2.50. The summed E-state index contributed by atoms with van der Waals surface area (Å²) in [5.74, 6) is 0.561. The summed E-state index contributed by atoms with van der Waals surface area (Å²) in [6.45, 7) is 6.51.